The van der Waals surface area contributed by atoms with Crippen molar-refractivity contribution in [2.75, 3.05) is 7.11 Å². The van der Waals surface area contributed by atoms with E-state index >= 15 is 0 Å². The average Bonchev–Trinajstić information content (AvgIpc) is 2.51. The van der Waals surface area contributed by atoms with E-state index in [0.29, 0.717) is 0 Å². The zero-order valence-corrected chi connectivity index (χ0v) is 7.58. The first-order valence-electron chi connectivity index (χ1n) is 3.94. The molecule has 0 aromatic heterocycles. The quantitative estimate of drug-likeness (QED) is 0.714. The summed E-state index contributed by atoms with van der Waals surface area (Å²) in [5.74, 6) is -0.440. The van der Waals surface area contributed by atoms with Gasteiger partial charge in [-0.25, -0.2) is 0 Å². The van der Waals surface area contributed by atoms with Crippen molar-refractivity contribution < 1.29 is 23.0 Å². The van der Waals surface area contributed by atoms with Crippen LogP contribution in [0, 0.1) is 11.3 Å². The lowest BCUT2D eigenvalue weighted by molar-refractivity contribution is -0.287. The Bertz CT molecular complexity index is 453. The number of benzene rings is 1. The minimum atomic E-state index is -3.75. The normalized spacial score (nSPS) is 15.9. The summed E-state index contributed by atoms with van der Waals surface area (Å²) in [6, 6.07) is 4.41. The van der Waals surface area contributed by atoms with Crippen molar-refractivity contribution in [3.63, 3.8) is 0 Å². The fourth-order valence-electron chi connectivity index (χ4n) is 1.25. The van der Waals surface area contributed by atoms with Crippen molar-refractivity contribution in [2.24, 2.45) is 0 Å². The van der Waals surface area contributed by atoms with Gasteiger partial charge in [0, 0.05) is 0 Å². The zero-order chi connectivity index (χ0) is 11.1. The van der Waals surface area contributed by atoms with Crippen molar-refractivity contribution >= 4 is 0 Å². The number of fused-ring (bicyclic) bond motifs is 1. The second-order valence-corrected chi connectivity index (χ2v) is 2.75. The molecule has 0 saturated heterocycles. The third kappa shape index (κ3) is 1.42. The average molecular weight is 213 g/mol. The number of halogens is 2. The molecular formula is C9H5F2NO3. The Balaban J connectivity index is 2.58. The number of methoxy groups -OCH3 is 1. The molecule has 6 heteroatoms. The Hall–Kier alpha value is -2.03. The molecule has 1 aromatic rings. The summed E-state index contributed by atoms with van der Waals surface area (Å²) in [7, 11) is 1.31. The maximum absolute atomic E-state index is 12.8. The topological polar surface area (TPSA) is 51.5 Å². The van der Waals surface area contributed by atoms with Gasteiger partial charge in [-0.05, 0) is 12.1 Å². The predicted octanol–water partition coefficient (Wildman–Crippen LogP) is 1.89. The molecule has 0 spiro atoms. The van der Waals surface area contributed by atoms with Crippen molar-refractivity contribution in [3.8, 4) is 23.3 Å². The van der Waals surface area contributed by atoms with Crippen molar-refractivity contribution in [3.05, 3.63) is 17.7 Å². The highest BCUT2D eigenvalue weighted by atomic mass is 19.3. The van der Waals surface area contributed by atoms with Crippen molar-refractivity contribution in [1.82, 2.24) is 0 Å². The zero-order valence-electron chi connectivity index (χ0n) is 7.58. The fourth-order valence-corrected chi connectivity index (χ4v) is 1.25. The van der Waals surface area contributed by atoms with Gasteiger partial charge in [0.2, 0.25) is 5.75 Å². The van der Waals surface area contributed by atoms with Gasteiger partial charge in [0.05, 0.1) is 12.7 Å². The van der Waals surface area contributed by atoms with Crippen LogP contribution < -0.4 is 14.2 Å². The van der Waals surface area contributed by atoms with E-state index < -0.39 is 6.29 Å². The number of hydrogen-bond donors (Lipinski definition) is 0. The van der Waals surface area contributed by atoms with Crippen molar-refractivity contribution in [1.29, 1.82) is 5.26 Å². The monoisotopic (exact) mass is 213 g/mol. The van der Waals surface area contributed by atoms with Crippen LogP contribution in [-0.4, -0.2) is 13.4 Å². The Morgan fingerprint density at radius 2 is 2.00 bits per heavy atom. The number of alkyl halides is 2. The minimum Gasteiger partial charge on any atom is -0.493 e. The molecule has 78 valence electrons. The van der Waals surface area contributed by atoms with Gasteiger partial charge in [-0.2, -0.15) is 5.26 Å². The van der Waals surface area contributed by atoms with Crippen LogP contribution in [0.1, 0.15) is 5.56 Å². The highest BCUT2D eigenvalue weighted by Gasteiger charge is 2.46. The third-order valence-electron chi connectivity index (χ3n) is 1.86. The smallest absolute Gasteiger partial charge is 0.493 e. The van der Waals surface area contributed by atoms with Gasteiger partial charge < -0.3 is 14.2 Å². The molecule has 0 radical (unpaired) electrons. The van der Waals surface area contributed by atoms with Crippen LogP contribution in [0.15, 0.2) is 12.1 Å². The van der Waals surface area contributed by atoms with E-state index in [1.165, 1.54) is 19.2 Å². The molecule has 0 fully saturated rings. The standard InChI is InChI=1S/C9H5F2NO3/c1-13-6-3-2-5(4-12)7-8(6)15-9(10,11)14-7/h2-3H,1H3. The number of nitriles is 1. The maximum Gasteiger partial charge on any atom is 0.586 e. The molecule has 15 heavy (non-hydrogen) atoms. The van der Waals surface area contributed by atoms with Gasteiger partial charge in [-0.15, -0.1) is 8.78 Å². The van der Waals surface area contributed by atoms with Crippen LogP contribution in [0.4, 0.5) is 8.78 Å². The maximum atomic E-state index is 12.8. The number of nitrogens with zero attached hydrogens (tertiary/aromatic N) is 1. The molecular weight excluding hydrogens is 208 g/mol. The molecule has 0 saturated carbocycles. The summed E-state index contributed by atoms with van der Waals surface area (Å²) < 4.78 is 38.8. The molecule has 2 rings (SSSR count). The first-order chi connectivity index (χ1) is 7.07. The van der Waals surface area contributed by atoms with Crippen LogP contribution in [0.25, 0.3) is 0 Å². The largest absolute Gasteiger partial charge is 0.586 e. The second-order valence-electron chi connectivity index (χ2n) is 2.75. The van der Waals surface area contributed by atoms with E-state index in [4.69, 9.17) is 10.00 Å². The lowest BCUT2D eigenvalue weighted by atomic mass is 10.2. The van der Waals surface area contributed by atoms with Crippen molar-refractivity contribution in [2.45, 2.75) is 6.29 Å². The summed E-state index contributed by atoms with van der Waals surface area (Å²) >= 11 is 0. The summed E-state index contributed by atoms with van der Waals surface area (Å²) in [4.78, 5) is 0. The lowest BCUT2D eigenvalue weighted by Crippen LogP contribution is -2.26. The Labute approximate surface area is 83.6 Å². The summed E-state index contributed by atoms with van der Waals surface area (Å²) in [5.41, 5.74) is -0.0250. The Kier molecular flexibility index (Phi) is 1.89. The highest BCUT2D eigenvalue weighted by molar-refractivity contribution is 5.61. The van der Waals surface area contributed by atoms with E-state index in [1.807, 2.05) is 0 Å². The van der Waals surface area contributed by atoms with E-state index in [2.05, 4.69) is 9.47 Å². The number of ether oxygens (including phenoxy) is 3. The van der Waals surface area contributed by atoms with Crippen LogP contribution in [0.2, 0.25) is 0 Å². The number of rotatable bonds is 1. The molecule has 0 bridgehead atoms. The van der Waals surface area contributed by atoms with Gasteiger partial charge in [-0.3, -0.25) is 0 Å². The molecule has 1 aliphatic heterocycles. The Morgan fingerprint density at radius 1 is 1.33 bits per heavy atom. The van der Waals surface area contributed by atoms with Crippen LogP contribution in [0.5, 0.6) is 17.2 Å². The molecule has 1 aromatic carbocycles. The fraction of sp³-hybridized carbons (Fsp3) is 0.222. The summed E-state index contributed by atoms with van der Waals surface area (Å²) in [6.45, 7) is 0. The van der Waals surface area contributed by atoms with Gasteiger partial charge in [-0.1, -0.05) is 0 Å². The van der Waals surface area contributed by atoms with E-state index in [9.17, 15) is 8.78 Å². The molecule has 1 aliphatic rings. The summed E-state index contributed by atoms with van der Waals surface area (Å²) in [6.07, 6.45) is -3.75. The van der Waals surface area contributed by atoms with E-state index in [0.717, 1.165) is 0 Å². The van der Waals surface area contributed by atoms with Gasteiger partial charge >= 0.3 is 6.29 Å². The molecule has 0 aliphatic carbocycles. The van der Waals surface area contributed by atoms with Gasteiger partial charge in [0.1, 0.15) is 6.07 Å². The van der Waals surface area contributed by atoms with E-state index in [1.54, 1.807) is 6.07 Å². The number of hydrogen-bond acceptors (Lipinski definition) is 4. The molecule has 0 unspecified atom stereocenters. The van der Waals surface area contributed by atoms with Gasteiger partial charge in [0.25, 0.3) is 0 Å². The Morgan fingerprint density at radius 3 is 2.60 bits per heavy atom. The van der Waals surface area contributed by atoms with Gasteiger partial charge in [0.15, 0.2) is 11.5 Å². The first-order valence-corrected chi connectivity index (χ1v) is 3.94. The second kappa shape index (κ2) is 2.98. The minimum absolute atomic E-state index is 0.0250. The van der Waals surface area contributed by atoms with Crippen LogP contribution in [0.3, 0.4) is 0 Å². The molecule has 0 atom stereocenters. The van der Waals surface area contributed by atoms with E-state index in [-0.39, 0.29) is 22.8 Å². The SMILES string of the molecule is COc1ccc(C#N)c2c1OC(F)(F)O2. The summed E-state index contributed by atoms with van der Waals surface area (Å²) in [5, 5.41) is 8.66. The third-order valence-corrected chi connectivity index (χ3v) is 1.86. The molecule has 4 nitrogen and oxygen atoms in total. The molecule has 1 heterocycles. The molecule has 0 N–H and O–H groups in total. The first kappa shape index (κ1) is 9.52. The lowest BCUT2D eigenvalue weighted by Gasteiger charge is -2.05. The van der Waals surface area contributed by atoms with Crippen LogP contribution >= 0.6 is 0 Å². The predicted molar refractivity (Wildman–Crippen MR) is 43.9 cm³/mol. The van der Waals surface area contributed by atoms with Crippen LogP contribution in [-0.2, 0) is 0 Å². The highest BCUT2D eigenvalue weighted by Crippen LogP contribution is 2.48. The molecule has 0 amide bonds.